The van der Waals surface area contributed by atoms with Gasteiger partial charge in [-0.2, -0.15) is 0 Å². The van der Waals surface area contributed by atoms with Crippen LogP contribution in [0.3, 0.4) is 0 Å². The van der Waals surface area contributed by atoms with Crippen molar-refractivity contribution in [2.75, 3.05) is 31.1 Å². The Hall–Kier alpha value is -2.48. The summed E-state index contributed by atoms with van der Waals surface area (Å²) in [5.41, 5.74) is 2.86. The Labute approximate surface area is 151 Å². The van der Waals surface area contributed by atoms with E-state index in [2.05, 4.69) is 47.5 Å². The third-order valence-electron chi connectivity index (χ3n) is 5.34. The number of aromatic nitrogens is 5. The number of hydrogen-bond acceptors (Lipinski definition) is 7. The lowest BCUT2D eigenvalue weighted by Gasteiger charge is -2.34. The average Bonchev–Trinajstić information content (AvgIpc) is 3.28. The summed E-state index contributed by atoms with van der Waals surface area (Å²) >= 11 is 0. The average molecular weight is 353 g/mol. The van der Waals surface area contributed by atoms with E-state index in [9.17, 15) is 0 Å². The van der Waals surface area contributed by atoms with Crippen LogP contribution in [-0.2, 0) is 13.1 Å². The van der Waals surface area contributed by atoms with Crippen molar-refractivity contribution in [3.05, 3.63) is 30.2 Å². The van der Waals surface area contributed by atoms with Crippen molar-refractivity contribution < 1.29 is 4.52 Å². The second-order valence-electron chi connectivity index (χ2n) is 7.16. The Kier molecular flexibility index (Phi) is 3.85. The molecular weight excluding hydrogens is 330 g/mol. The highest BCUT2D eigenvalue weighted by atomic mass is 16.5. The maximum atomic E-state index is 5.47. The van der Waals surface area contributed by atoms with Gasteiger partial charge >= 0.3 is 0 Å². The molecule has 5 rings (SSSR count). The first kappa shape index (κ1) is 15.7. The Morgan fingerprint density at radius 2 is 1.96 bits per heavy atom. The number of imidazole rings is 1. The van der Waals surface area contributed by atoms with Gasteiger partial charge in [-0.15, -0.1) is 0 Å². The zero-order chi connectivity index (χ0) is 17.5. The number of hydrogen-bond donors (Lipinski definition) is 0. The van der Waals surface area contributed by atoms with Crippen LogP contribution >= 0.6 is 0 Å². The largest absolute Gasteiger partial charge is 0.361 e. The summed E-state index contributed by atoms with van der Waals surface area (Å²) < 4.78 is 7.52. The minimum atomic E-state index is 0.621. The molecule has 0 unspecified atom stereocenters. The molecule has 0 radical (unpaired) electrons. The maximum absolute atomic E-state index is 5.47. The second kappa shape index (κ2) is 6.35. The molecule has 0 atom stereocenters. The minimum Gasteiger partial charge on any atom is -0.361 e. The molecular formula is C18H23N7O. The van der Waals surface area contributed by atoms with E-state index in [1.165, 1.54) is 12.8 Å². The zero-order valence-corrected chi connectivity index (χ0v) is 15.0. The van der Waals surface area contributed by atoms with Crippen LogP contribution in [-0.4, -0.2) is 55.8 Å². The molecule has 3 aromatic rings. The van der Waals surface area contributed by atoms with Crippen molar-refractivity contribution in [3.63, 3.8) is 0 Å². The quantitative estimate of drug-likeness (QED) is 0.694. The minimum absolute atomic E-state index is 0.621. The molecule has 1 saturated heterocycles. The summed E-state index contributed by atoms with van der Waals surface area (Å²) in [5, 5.41) is 4.24. The van der Waals surface area contributed by atoms with Gasteiger partial charge in [0.05, 0.1) is 12.0 Å². The Morgan fingerprint density at radius 3 is 2.73 bits per heavy atom. The van der Waals surface area contributed by atoms with Crippen LogP contribution < -0.4 is 4.90 Å². The van der Waals surface area contributed by atoms with Gasteiger partial charge in [0.2, 0.25) is 0 Å². The Bertz CT molecular complexity index is 905. The molecule has 8 heteroatoms. The van der Waals surface area contributed by atoms with Gasteiger partial charge in [-0.25, -0.2) is 15.0 Å². The Balaban J connectivity index is 1.26. The summed E-state index contributed by atoms with van der Waals surface area (Å²) in [6.45, 7) is 7.63. The van der Waals surface area contributed by atoms with Crippen LogP contribution in [0.1, 0.15) is 37.1 Å². The number of fused-ring (bicyclic) bond motifs is 1. The van der Waals surface area contributed by atoms with Gasteiger partial charge in [-0.3, -0.25) is 4.90 Å². The summed E-state index contributed by atoms with van der Waals surface area (Å²) in [6.07, 6.45) is 5.98. The van der Waals surface area contributed by atoms with Crippen LogP contribution in [0.15, 0.2) is 23.2 Å². The molecule has 1 aliphatic carbocycles. The first-order valence-electron chi connectivity index (χ1n) is 9.40. The standard InChI is InChI=1S/C18H23N7O/c1-2-24-12-21-16-17(24)19-11-20-18(16)25-7-5-23(6-8-25)10-14-9-15(26-22-14)13-3-4-13/h9,11-13H,2-8,10H2,1H3. The van der Waals surface area contributed by atoms with Crippen molar-refractivity contribution in [2.45, 2.75) is 38.8 Å². The van der Waals surface area contributed by atoms with Gasteiger partial charge in [-0.1, -0.05) is 5.16 Å². The van der Waals surface area contributed by atoms with Crippen molar-refractivity contribution in [1.29, 1.82) is 0 Å². The fraction of sp³-hybridized carbons (Fsp3) is 0.556. The third kappa shape index (κ3) is 2.84. The predicted molar refractivity (Wildman–Crippen MR) is 97.0 cm³/mol. The van der Waals surface area contributed by atoms with Crippen molar-refractivity contribution in [1.82, 2.24) is 29.6 Å². The van der Waals surface area contributed by atoms with E-state index in [1.54, 1.807) is 6.33 Å². The van der Waals surface area contributed by atoms with E-state index in [1.807, 2.05) is 6.33 Å². The molecule has 0 spiro atoms. The van der Waals surface area contributed by atoms with Crippen LogP contribution in [0.2, 0.25) is 0 Å². The number of nitrogens with zero attached hydrogens (tertiary/aromatic N) is 7. The Morgan fingerprint density at radius 1 is 1.12 bits per heavy atom. The van der Waals surface area contributed by atoms with Crippen molar-refractivity contribution in [3.8, 4) is 0 Å². The first-order chi connectivity index (χ1) is 12.8. The first-order valence-corrected chi connectivity index (χ1v) is 9.40. The number of rotatable bonds is 5. The molecule has 0 bridgehead atoms. The van der Waals surface area contributed by atoms with Gasteiger partial charge in [-0.05, 0) is 19.8 Å². The predicted octanol–water partition coefficient (Wildman–Crippen LogP) is 2.03. The number of aryl methyl sites for hydroxylation is 1. The van der Waals surface area contributed by atoms with E-state index >= 15 is 0 Å². The van der Waals surface area contributed by atoms with E-state index in [-0.39, 0.29) is 0 Å². The van der Waals surface area contributed by atoms with Gasteiger partial charge < -0.3 is 14.0 Å². The van der Waals surface area contributed by atoms with Crippen LogP contribution in [0, 0.1) is 0 Å². The van der Waals surface area contributed by atoms with Gasteiger partial charge in [0.1, 0.15) is 12.1 Å². The molecule has 2 aliphatic rings. The lowest BCUT2D eigenvalue weighted by molar-refractivity contribution is 0.241. The van der Waals surface area contributed by atoms with Crippen molar-refractivity contribution >= 4 is 17.0 Å². The van der Waals surface area contributed by atoms with Crippen LogP contribution in [0.5, 0.6) is 0 Å². The van der Waals surface area contributed by atoms with Gasteiger partial charge in [0.25, 0.3) is 0 Å². The number of anilines is 1. The van der Waals surface area contributed by atoms with E-state index in [0.717, 1.165) is 67.7 Å². The van der Waals surface area contributed by atoms with Crippen LogP contribution in [0.4, 0.5) is 5.82 Å². The molecule has 1 saturated carbocycles. The molecule has 0 amide bonds. The summed E-state index contributed by atoms with van der Waals surface area (Å²) in [4.78, 5) is 18.2. The topological polar surface area (TPSA) is 76.1 Å². The molecule has 2 fully saturated rings. The number of piperazine rings is 1. The fourth-order valence-corrected chi connectivity index (χ4v) is 3.64. The van der Waals surface area contributed by atoms with E-state index < -0.39 is 0 Å². The van der Waals surface area contributed by atoms with E-state index in [4.69, 9.17) is 4.52 Å². The van der Waals surface area contributed by atoms with E-state index in [0.29, 0.717) is 5.92 Å². The highest BCUT2D eigenvalue weighted by molar-refractivity contribution is 5.83. The molecule has 4 heterocycles. The van der Waals surface area contributed by atoms with Gasteiger partial charge in [0.15, 0.2) is 17.0 Å². The molecule has 0 N–H and O–H groups in total. The molecule has 136 valence electrons. The lowest BCUT2D eigenvalue weighted by Crippen LogP contribution is -2.46. The lowest BCUT2D eigenvalue weighted by atomic mass is 10.2. The molecule has 26 heavy (non-hydrogen) atoms. The fourth-order valence-electron chi connectivity index (χ4n) is 3.64. The zero-order valence-electron chi connectivity index (χ0n) is 15.0. The van der Waals surface area contributed by atoms with Crippen molar-refractivity contribution in [2.24, 2.45) is 0 Å². The molecule has 8 nitrogen and oxygen atoms in total. The smallest absolute Gasteiger partial charge is 0.165 e. The second-order valence-corrected chi connectivity index (χ2v) is 7.16. The third-order valence-corrected chi connectivity index (χ3v) is 5.34. The summed E-state index contributed by atoms with van der Waals surface area (Å²) in [7, 11) is 0. The molecule has 3 aromatic heterocycles. The normalized spacial score (nSPS) is 18.7. The molecule has 0 aromatic carbocycles. The van der Waals surface area contributed by atoms with Gasteiger partial charge in [0, 0.05) is 51.3 Å². The highest BCUT2D eigenvalue weighted by Crippen LogP contribution is 2.40. The highest BCUT2D eigenvalue weighted by Gasteiger charge is 2.28. The molecule has 1 aliphatic heterocycles. The summed E-state index contributed by atoms with van der Waals surface area (Å²) in [6, 6.07) is 2.13. The monoisotopic (exact) mass is 353 g/mol. The SMILES string of the molecule is CCn1cnc2c(N3CCN(Cc4cc(C5CC5)on4)CC3)ncnc21. The van der Waals surface area contributed by atoms with Crippen LogP contribution in [0.25, 0.3) is 11.2 Å². The maximum Gasteiger partial charge on any atom is 0.165 e. The summed E-state index contributed by atoms with van der Waals surface area (Å²) in [5.74, 6) is 2.63.